The highest BCUT2D eigenvalue weighted by atomic mass is 32.2. The van der Waals surface area contributed by atoms with Gasteiger partial charge in [0.1, 0.15) is 0 Å². The second-order valence-corrected chi connectivity index (χ2v) is 8.33. The van der Waals surface area contributed by atoms with Crippen molar-refractivity contribution in [3.63, 3.8) is 0 Å². The van der Waals surface area contributed by atoms with Crippen LogP contribution in [0.2, 0.25) is 0 Å². The van der Waals surface area contributed by atoms with E-state index in [1.165, 1.54) is 4.90 Å². The third-order valence-electron chi connectivity index (χ3n) is 5.17. The molecule has 2 aromatic carbocycles. The molecule has 3 rings (SSSR count). The highest BCUT2D eigenvalue weighted by Gasteiger charge is 2.36. The number of ether oxygens (including phenoxy) is 2. The Bertz CT molecular complexity index is 1080. The van der Waals surface area contributed by atoms with Crippen LogP contribution >= 0.6 is 11.8 Å². The number of imide groups is 1. The number of carboxylic acid groups (broad SMARTS) is 1. The van der Waals surface area contributed by atoms with Gasteiger partial charge in [0.25, 0.3) is 11.1 Å². The fourth-order valence-corrected chi connectivity index (χ4v) is 4.33. The van der Waals surface area contributed by atoms with Crippen molar-refractivity contribution in [1.29, 1.82) is 0 Å². The van der Waals surface area contributed by atoms with E-state index in [1.54, 1.807) is 36.4 Å². The number of hydrogen-bond acceptors (Lipinski definition) is 7. The SMILES string of the molecule is CCOc1cc(/C=C2/SC(=O)N(c3ccc(N(CC)CC)cc3)C2=O)ccc1OCCC(=O)O. The lowest BCUT2D eigenvalue weighted by atomic mass is 10.1. The predicted molar refractivity (Wildman–Crippen MR) is 134 cm³/mol. The van der Waals surface area contributed by atoms with Gasteiger partial charge in [0.2, 0.25) is 0 Å². The van der Waals surface area contributed by atoms with E-state index in [9.17, 15) is 14.4 Å². The number of carbonyl (C=O) groups excluding carboxylic acids is 2. The maximum atomic E-state index is 13.0. The Morgan fingerprint density at radius 2 is 1.74 bits per heavy atom. The zero-order valence-corrected chi connectivity index (χ0v) is 20.3. The summed E-state index contributed by atoms with van der Waals surface area (Å²) in [5.41, 5.74) is 2.22. The average molecular weight is 485 g/mol. The Hall–Kier alpha value is -3.46. The molecule has 180 valence electrons. The molecule has 34 heavy (non-hydrogen) atoms. The van der Waals surface area contributed by atoms with Gasteiger partial charge in [-0.25, -0.2) is 4.90 Å². The fourth-order valence-electron chi connectivity index (χ4n) is 3.49. The summed E-state index contributed by atoms with van der Waals surface area (Å²) in [4.78, 5) is 40.1. The van der Waals surface area contributed by atoms with Gasteiger partial charge in [-0.05, 0) is 80.6 Å². The minimum atomic E-state index is -0.951. The quantitative estimate of drug-likeness (QED) is 0.444. The van der Waals surface area contributed by atoms with E-state index in [2.05, 4.69) is 18.7 Å². The van der Waals surface area contributed by atoms with Crippen LogP contribution in [-0.4, -0.2) is 48.5 Å². The highest BCUT2D eigenvalue weighted by molar-refractivity contribution is 8.19. The first-order chi connectivity index (χ1) is 16.4. The fraction of sp³-hybridized carbons (Fsp3) is 0.320. The monoisotopic (exact) mass is 484 g/mol. The highest BCUT2D eigenvalue weighted by Crippen LogP contribution is 2.37. The van der Waals surface area contributed by atoms with Gasteiger partial charge in [-0.3, -0.25) is 14.4 Å². The lowest BCUT2D eigenvalue weighted by Gasteiger charge is -2.22. The number of benzene rings is 2. The van der Waals surface area contributed by atoms with Crippen molar-refractivity contribution >= 4 is 46.3 Å². The Morgan fingerprint density at radius 3 is 2.35 bits per heavy atom. The molecule has 1 N–H and O–H groups in total. The van der Waals surface area contributed by atoms with Gasteiger partial charge in [-0.1, -0.05) is 6.07 Å². The van der Waals surface area contributed by atoms with Crippen LogP contribution < -0.4 is 19.3 Å². The minimum Gasteiger partial charge on any atom is -0.490 e. The first-order valence-electron chi connectivity index (χ1n) is 11.1. The number of thioether (sulfide) groups is 1. The zero-order chi connectivity index (χ0) is 24.7. The number of nitrogens with zero attached hydrogens (tertiary/aromatic N) is 2. The first kappa shape index (κ1) is 25.2. The lowest BCUT2D eigenvalue weighted by Crippen LogP contribution is -2.28. The Labute approximate surface area is 203 Å². The number of rotatable bonds is 11. The molecule has 1 heterocycles. The smallest absolute Gasteiger partial charge is 0.306 e. The normalized spacial score (nSPS) is 14.6. The number of amides is 2. The van der Waals surface area contributed by atoms with Crippen LogP contribution in [-0.2, 0) is 9.59 Å². The lowest BCUT2D eigenvalue weighted by molar-refractivity contribution is -0.137. The molecule has 2 aromatic rings. The van der Waals surface area contributed by atoms with Crippen LogP contribution in [0.5, 0.6) is 11.5 Å². The van der Waals surface area contributed by atoms with Crippen molar-refractivity contribution in [3.05, 3.63) is 52.9 Å². The molecule has 0 bridgehead atoms. The molecule has 0 aliphatic carbocycles. The predicted octanol–water partition coefficient (Wildman–Crippen LogP) is 5.03. The summed E-state index contributed by atoms with van der Waals surface area (Å²) in [7, 11) is 0. The third kappa shape index (κ3) is 5.91. The number of anilines is 2. The summed E-state index contributed by atoms with van der Waals surface area (Å²) < 4.78 is 11.1. The Balaban J connectivity index is 1.80. The number of aliphatic carboxylic acids is 1. The second-order valence-electron chi connectivity index (χ2n) is 7.34. The van der Waals surface area contributed by atoms with Crippen LogP contribution in [0.4, 0.5) is 16.2 Å². The molecule has 8 nitrogen and oxygen atoms in total. The molecule has 2 amide bonds. The molecule has 0 atom stereocenters. The van der Waals surface area contributed by atoms with Crippen molar-refractivity contribution in [2.45, 2.75) is 27.2 Å². The second kappa shape index (κ2) is 11.6. The van der Waals surface area contributed by atoms with Crippen molar-refractivity contribution < 1.29 is 29.0 Å². The van der Waals surface area contributed by atoms with Crippen LogP contribution in [0.1, 0.15) is 32.8 Å². The van der Waals surface area contributed by atoms with Gasteiger partial charge in [0, 0.05) is 18.8 Å². The van der Waals surface area contributed by atoms with Crippen LogP contribution in [0.25, 0.3) is 6.08 Å². The van der Waals surface area contributed by atoms with Gasteiger partial charge < -0.3 is 19.5 Å². The summed E-state index contributed by atoms with van der Waals surface area (Å²) in [6, 6.07) is 12.5. The Kier molecular flexibility index (Phi) is 8.59. The maximum Gasteiger partial charge on any atom is 0.306 e. The van der Waals surface area contributed by atoms with Gasteiger partial charge in [-0.2, -0.15) is 0 Å². The Morgan fingerprint density at radius 1 is 1.03 bits per heavy atom. The van der Waals surface area contributed by atoms with E-state index in [-0.39, 0.29) is 24.2 Å². The molecule has 0 aromatic heterocycles. The van der Waals surface area contributed by atoms with E-state index in [0.29, 0.717) is 34.3 Å². The molecule has 0 unspecified atom stereocenters. The molecule has 9 heteroatoms. The van der Waals surface area contributed by atoms with Crippen molar-refractivity contribution in [2.75, 3.05) is 36.1 Å². The van der Waals surface area contributed by atoms with E-state index >= 15 is 0 Å². The molecule has 1 saturated heterocycles. The molecule has 1 fully saturated rings. The molecular weight excluding hydrogens is 456 g/mol. The summed E-state index contributed by atoms with van der Waals surface area (Å²) in [6.45, 7) is 8.11. The summed E-state index contributed by atoms with van der Waals surface area (Å²) in [6.07, 6.45) is 1.51. The topological polar surface area (TPSA) is 96.4 Å². The van der Waals surface area contributed by atoms with E-state index in [4.69, 9.17) is 14.6 Å². The van der Waals surface area contributed by atoms with E-state index < -0.39 is 5.97 Å². The number of carboxylic acids is 1. The standard InChI is InChI=1S/C25H28N2O6S/c1-4-26(5-2)18-8-10-19(11-9-18)27-24(30)22(34-25(27)31)16-17-7-12-20(21(15-17)32-6-3)33-14-13-23(28)29/h7-12,15-16H,4-6,13-14H2,1-3H3,(H,28,29)/b22-16+. The van der Waals surface area contributed by atoms with Crippen LogP contribution in [0.15, 0.2) is 47.4 Å². The van der Waals surface area contributed by atoms with Gasteiger partial charge in [-0.15, -0.1) is 0 Å². The molecule has 1 aliphatic rings. The van der Waals surface area contributed by atoms with Crippen molar-refractivity contribution in [2.24, 2.45) is 0 Å². The maximum absolute atomic E-state index is 13.0. The summed E-state index contributed by atoms with van der Waals surface area (Å²) in [5, 5.41) is 8.44. The average Bonchev–Trinajstić information content (AvgIpc) is 3.09. The van der Waals surface area contributed by atoms with Crippen LogP contribution in [0.3, 0.4) is 0 Å². The van der Waals surface area contributed by atoms with Gasteiger partial charge >= 0.3 is 5.97 Å². The molecule has 0 saturated carbocycles. The summed E-state index contributed by atoms with van der Waals surface area (Å²) in [5.74, 6) is -0.479. The number of carbonyl (C=O) groups is 3. The van der Waals surface area contributed by atoms with Gasteiger partial charge in [0.05, 0.1) is 30.2 Å². The van der Waals surface area contributed by atoms with E-state index in [0.717, 1.165) is 30.5 Å². The van der Waals surface area contributed by atoms with Gasteiger partial charge in [0.15, 0.2) is 11.5 Å². The van der Waals surface area contributed by atoms with Crippen molar-refractivity contribution in [3.8, 4) is 11.5 Å². The number of hydrogen-bond donors (Lipinski definition) is 1. The first-order valence-corrected chi connectivity index (χ1v) is 11.9. The third-order valence-corrected chi connectivity index (χ3v) is 6.04. The summed E-state index contributed by atoms with van der Waals surface area (Å²) >= 11 is 0.882. The molecular formula is C25H28N2O6S. The zero-order valence-electron chi connectivity index (χ0n) is 19.4. The molecule has 0 spiro atoms. The molecule has 1 aliphatic heterocycles. The van der Waals surface area contributed by atoms with Crippen molar-refractivity contribution in [1.82, 2.24) is 0 Å². The van der Waals surface area contributed by atoms with Crippen LogP contribution in [0, 0.1) is 0 Å². The molecule has 0 radical (unpaired) electrons. The largest absolute Gasteiger partial charge is 0.490 e. The minimum absolute atomic E-state index is 0.0146. The van der Waals surface area contributed by atoms with E-state index in [1.807, 2.05) is 19.1 Å².